The summed E-state index contributed by atoms with van der Waals surface area (Å²) in [5.41, 5.74) is 1.99. The van der Waals surface area contributed by atoms with Crippen molar-refractivity contribution in [3.8, 4) is 0 Å². The van der Waals surface area contributed by atoms with Crippen molar-refractivity contribution in [2.24, 2.45) is 0 Å². The Hall–Kier alpha value is -2.04. The predicted molar refractivity (Wildman–Crippen MR) is 102 cm³/mol. The lowest BCUT2D eigenvalue weighted by Crippen LogP contribution is -2.46. The molecule has 148 valence electrons. The average molecular weight is 395 g/mol. The number of aryl methyl sites for hydroxylation is 1. The zero-order valence-corrected chi connectivity index (χ0v) is 16.7. The summed E-state index contributed by atoms with van der Waals surface area (Å²) in [4.78, 5) is 19.3. The van der Waals surface area contributed by atoms with E-state index in [9.17, 15) is 13.2 Å². The zero-order chi connectivity index (χ0) is 19.6. The van der Waals surface area contributed by atoms with Crippen LogP contribution in [-0.4, -0.2) is 71.4 Å². The summed E-state index contributed by atoms with van der Waals surface area (Å²) in [5, 5.41) is 4.24. The van der Waals surface area contributed by atoms with Crippen LogP contribution in [-0.2, 0) is 10.2 Å². The summed E-state index contributed by atoms with van der Waals surface area (Å²) in [7, 11) is -0.487. The van der Waals surface area contributed by atoms with E-state index in [-0.39, 0.29) is 11.9 Å². The van der Waals surface area contributed by atoms with Gasteiger partial charge in [-0.25, -0.2) is 14.2 Å². The van der Waals surface area contributed by atoms with Crippen molar-refractivity contribution in [2.45, 2.75) is 38.6 Å². The first-order valence-corrected chi connectivity index (χ1v) is 10.5. The van der Waals surface area contributed by atoms with Crippen molar-refractivity contribution in [3.63, 3.8) is 0 Å². The van der Waals surface area contributed by atoms with Crippen molar-refractivity contribution >= 4 is 21.8 Å². The first kappa shape index (κ1) is 19.7. The summed E-state index contributed by atoms with van der Waals surface area (Å²) >= 11 is 0. The number of fused-ring (bicyclic) bond motifs is 1. The molecule has 27 heavy (non-hydrogen) atoms. The molecule has 0 saturated carbocycles. The van der Waals surface area contributed by atoms with E-state index >= 15 is 0 Å². The highest BCUT2D eigenvalue weighted by Crippen LogP contribution is 2.23. The lowest BCUT2D eigenvalue weighted by molar-refractivity contribution is 0.0605. The molecule has 1 unspecified atom stereocenters. The van der Waals surface area contributed by atoms with Crippen LogP contribution in [0.4, 0.5) is 0 Å². The van der Waals surface area contributed by atoms with Gasteiger partial charge in [0.2, 0.25) is 0 Å². The number of carbonyl (C=O) groups excluding carboxylic acids is 1. The van der Waals surface area contributed by atoms with E-state index in [1.807, 2.05) is 18.0 Å². The molecule has 0 aromatic carbocycles. The second-order valence-electron chi connectivity index (χ2n) is 7.08. The first-order chi connectivity index (χ1) is 12.8. The minimum atomic E-state index is -3.46. The smallest absolute Gasteiger partial charge is 0.278 e. The van der Waals surface area contributed by atoms with E-state index in [0.717, 1.165) is 29.1 Å². The molecular formula is C17H26N6O3S. The summed E-state index contributed by atoms with van der Waals surface area (Å²) in [6, 6.07) is -0.00323. The molecule has 1 amide bonds. The molecule has 0 aliphatic carbocycles. The predicted octanol–water partition coefficient (Wildman–Crippen LogP) is 0.819. The van der Waals surface area contributed by atoms with Crippen LogP contribution in [0.1, 0.15) is 41.6 Å². The third-order valence-corrected chi connectivity index (χ3v) is 6.38. The highest BCUT2D eigenvalue weighted by Gasteiger charge is 2.29. The molecular weight excluding hydrogens is 368 g/mol. The minimum absolute atomic E-state index is 0.00323. The lowest BCUT2D eigenvalue weighted by Gasteiger charge is -2.35. The molecule has 1 saturated heterocycles. The van der Waals surface area contributed by atoms with Crippen molar-refractivity contribution in [3.05, 3.63) is 29.7 Å². The van der Waals surface area contributed by atoms with Crippen molar-refractivity contribution in [1.29, 1.82) is 0 Å². The Balaban J connectivity index is 1.73. The maximum atomic E-state index is 13.1. The molecule has 1 fully saturated rings. The van der Waals surface area contributed by atoms with Gasteiger partial charge in [0.1, 0.15) is 5.56 Å². The topological polar surface area (TPSA) is 99.9 Å². The first-order valence-electron chi connectivity index (χ1n) is 9.07. The van der Waals surface area contributed by atoms with Gasteiger partial charge in [-0.1, -0.05) is 0 Å². The molecule has 1 N–H and O–H groups in total. The third-order valence-electron chi connectivity index (χ3n) is 4.85. The Bertz CT molecular complexity index is 924. The quantitative estimate of drug-likeness (QED) is 0.782. The van der Waals surface area contributed by atoms with Gasteiger partial charge in [0.05, 0.1) is 6.20 Å². The van der Waals surface area contributed by atoms with Gasteiger partial charge in [0.15, 0.2) is 5.65 Å². The molecule has 0 radical (unpaired) electrons. The van der Waals surface area contributed by atoms with Gasteiger partial charge < -0.3 is 4.90 Å². The number of nitrogens with one attached hydrogen (secondary N) is 1. The van der Waals surface area contributed by atoms with Gasteiger partial charge in [0, 0.05) is 45.6 Å². The molecule has 1 aliphatic rings. The Morgan fingerprint density at radius 2 is 2.11 bits per heavy atom. The molecule has 0 spiro atoms. The minimum Gasteiger partial charge on any atom is -0.335 e. The van der Waals surface area contributed by atoms with Crippen LogP contribution in [0.25, 0.3) is 5.65 Å². The largest absolute Gasteiger partial charge is 0.335 e. The van der Waals surface area contributed by atoms with Gasteiger partial charge >= 0.3 is 0 Å². The molecule has 2 aromatic rings. The fourth-order valence-corrected chi connectivity index (χ4v) is 3.96. The number of amides is 1. The van der Waals surface area contributed by atoms with E-state index in [0.29, 0.717) is 30.7 Å². The van der Waals surface area contributed by atoms with E-state index in [1.165, 1.54) is 14.1 Å². The Morgan fingerprint density at radius 3 is 2.85 bits per heavy atom. The van der Waals surface area contributed by atoms with E-state index < -0.39 is 10.2 Å². The van der Waals surface area contributed by atoms with Crippen molar-refractivity contribution in [2.75, 3.05) is 27.2 Å². The number of likely N-dealkylation sites (tertiary alicyclic amines) is 1. The monoisotopic (exact) mass is 394 g/mol. The average Bonchev–Trinajstić information content (AvgIpc) is 3.04. The number of carbonyl (C=O) groups is 1. The Labute approximate surface area is 159 Å². The molecule has 3 rings (SSSR count). The molecule has 0 bridgehead atoms. The highest BCUT2D eigenvalue weighted by molar-refractivity contribution is 7.87. The summed E-state index contributed by atoms with van der Waals surface area (Å²) in [6.07, 6.45) is 8.52. The molecule has 10 heteroatoms. The van der Waals surface area contributed by atoms with Crippen LogP contribution in [0.15, 0.2) is 18.6 Å². The standard InChI is InChI=1S/C17H26N6O3S/c1-13-10-18-16-15(11-19-23(16)12-13)17(24)22-9-5-4-6-14(22)7-8-20-27(25,26)21(2)3/h10-12,14,20H,4-9H2,1-3H3. The second kappa shape index (κ2) is 7.91. The third kappa shape index (κ3) is 4.28. The summed E-state index contributed by atoms with van der Waals surface area (Å²) in [6.45, 7) is 2.87. The maximum Gasteiger partial charge on any atom is 0.278 e. The molecule has 2 aromatic heterocycles. The fourth-order valence-electron chi connectivity index (χ4n) is 3.33. The number of nitrogens with zero attached hydrogens (tertiary/aromatic N) is 5. The van der Waals surface area contributed by atoms with Crippen molar-refractivity contribution in [1.82, 2.24) is 28.5 Å². The van der Waals surface area contributed by atoms with Gasteiger partial charge in [-0.05, 0) is 38.2 Å². The van der Waals surface area contributed by atoms with Crippen molar-refractivity contribution < 1.29 is 13.2 Å². The second-order valence-corrected chi connectivity index (χ2v) is 9.05. The SMILES string of the molecule is Cc1cnc2c(C(=O)N3CCCCC3CCNS(=O)(=O)N(C)C)cnn2c1. The Kier molecular flexibility index (Phi) is 5.78. The number of hydrogen-bond donors (Lipinski definition) is 1. The fraction of sp³-hybridized carbons (Fsp3) is 0.588. The number of aromatic nitrogens is 3. The Morgan fingerprint density at radius 1 is 1.33 bits per heavy atom. The number of hydrogen-bond acceptors (Lipinski definition) is 5. The maximum absolute atomic E-state index is 13.1. The van der Waals surface area contributed by atoms with Crippen LogP contribution < -0.4 is 4.72 Å². The number of rotatable bonds is 6. The van der Waals surface area contributed by atoms with Crippen LogP contribution in [0.5, 0.6) is 0 Å². The lowest BCUT2D eigenvalue weighted by atomic mass is 9.98. The van der Waals surface area contributed by atoms with Crippen LogP contribution in [0, 0.1) is 6.92 Å². The van der Waals surface area contributed by atoms with E-state index in [4.69, 9.17) is 0 Å². The van der Waals surface area contributed by atoms with Gasteiger partial charge in [0.25, 0.3) is 16.1 Å². The zero-order valence-electron chi connectivity index (χ0n) is 15.9. The summed E-state index contributed by atoms with van der Waals surface area (Å²) < 4.78 is 29.1. The van der Waals surface area contributed by atoms with Crippen LogP contribution in [0.3, 0.4) is 0 Å². The molecule has 3 heterocycles. The van der Waals surface area contributed by atoms with Crippen LogP contribution >= 0.6 is 0 Å². The molecule has 1 atom stereocenters. The normalized spacial score (nSPS) is 18.4. The molecule has 9 nitrogen and oxygen atoms in total. The molecule has 1 aliphatic heterocycles. The number of piperidine rings is 1. The van der Waals surface area contributed by atoms with Gasteiger partial charge in [-0.2, -0.15) is 17.8 Å². The van der Waals surface area contributed by atoms with Crippen LogP contribution in [0.2, 0.25) is 0 Å². The summed E-state index contributed by atoms with van der Waals surface area (Å²) in [5.74, 6) is -0.0958. The van der Waals surface area contributed by atoms with E-state index in [2.05, 4.69) is 14.8 Å². The van der Waals surface area contributed by atoms with Gasteiger partial charge in [-0.15, -0.1) is 0 Å². The van der Waals surface area contributed by atoms with Gasteiger partial charge in [-0.3, -0.25) is 4.79 Å². The van der Waals surface area contributed by atoms with E-state index in [1.54, 1.807) is 16.9 Å². The highest BCUT2D eigenvalue weighted by atomic mass is 32.2.